The van der Waals surface area contributed by atoms with Gasteiger partial charge in [0.25, 0.3) is 6.26 Å². The summed E-state index contributed by atoms with van der Waals surface area (Å²) < 4.78 is 4.14. The second-order valence-electron chi connectivity index (χ2n) is 0.524. The molecule has 0 heterocycles. The second kappa shape index (κ2) is 3.29. The molecule has 0 aromatic rings. The van der Waals surface area contributed by atoms with Gasteiger partial charge >= 0.3 is 0 Å². The Hall–Kier alpha value is -0.710. The van der Waals surface area contributed by atoms with E-state index in [0.717, 1.165) is 0 Å². The van der Waals surface area contributed by atoms with Crippen molar-refractivity contribution < 1.29 is 6.16 Å². The minimum absolute atomic E-state index is 0. The Morgan fingerprint density at radius 2 is 2.80 bits per heavy atom. The van der Waals surface area contributed by atoms with Gasteiger partial charge in [0, 0.05) is 1.43 Å². The predicted octanol–water partition coefficient (Wildman–Crippen LogP) is 0.750. The Morgan fingerprint density at radius 3 is 2.80 bits per heavy atom. The number of nitriles is 1. The molecule has 2 nitrogen and oxygen atoms in total. The molecule has 0 aliphatic heterocycles. The summed E-state index contributed by atoms with van der Waals surface area (Å²) in [5, 5.41) is 7.59. The zero-order valence-electron chi connectivity index (χ0n) is 3.06. The van der Waals surface area contributed by atoms with Crippen LogP contribution in [0.25, 0.3) is 0 Å². The summed E-state index contributed by atoms with van der Waals surface area (Å²) >= 11 is 0. The third kappa shape index (κ3) is 3.29. The molecule has 0 amide bonds. The van der Waals surface area contributed by atoms with Crippen molar-refractivity contribution in [1.29, 1.82) is 5.26 Å². The first kappa shape index (κ1) is 4.29. The fourth-order valence-corrected chi connectivity index (χ4v) is 0.0645. The monoisotopic (exact) mass is 73.1 g/mol. The van der Waals surface area contributed by atoms with E-state index in [0.29, 0.717) is 6.61 Å². The third-order valence-corrected chi connectivity index (χ3v) is 0.209. The van der Waals surface area contributed by atoms with Crippen LogP contribution in [0.15, 0.2) is 0 Å². The van der Waals surface area contributed by atoms with Crippen LogP contribution >= 0.6 is 0 Å². The Kier molecular flexibility index (Phi) is 2.82. The van der Waals surface area contributed by atoms with Crippen LogP contribution in [0.5, 0.6) is 0 Å². The van der Waals surface area contributed by atoms with E-state index in [9.17, 15) is 0 Å². The van der Waals surface area contributed by atoms with Gasteiger partial charge in [-0.1, -0.05) is 0 Å². The lowest BCUT2D eigenvalue weighted by Crippen LogP contribution is -1.73. The van der Waals surface area contributed by atoms with Gasteiger partial charge in [0.1, 0.15) is 0 Å². The van der Waals surface area contributed by atoms with Crippen LogP contribution in [-0.4, -0.2) is 6.61 Å². The molecule has 30 valence electrons. The third-order valence-electron chi connectivity index (χ3n) is 0.209. The molecule has 0 rings (SSSR count). The van der Waals surface area contributed by atoms with Crippen molar-refractivity contribution in [2.24, 2.45) is 0 Å². The summed E-state index contributed by atoms with van der Waals surface area (Å²) in [5.74, 6) is 0. The van der Waals surface area contributed by atoms with Gasteiger partial charge in [0.05, 0.1) is 6.61 Å². The zero-order valence-corrected chi connectivity index (χ0v) is 3.06. The molecule has 0 aromatic carbocycles. The minimum atomic E-state index is 0. The van der Waals surface area contributed by atoms with Gasteiger partial charge in [-0.3, -0.25) is 0 Å². The first-order valence-corrected chi connectivity index (χ1v) is 1.42. The summed E-state index contributed by atoms with van der Waals surface area (Å²) in [4.78, 5) is 0. The summed E-state index contributed by atoms with van der Waals surface area (Å²) in [7, 11) is 0. The van der Waals surface area contributed by atoms with Crippen LogP contribution in [0, 0.1) is 11.5 Å². The lowest BCUT2D eigenvalue weighted by Gasteiger charge is -1.76. The van der Waals surface area contributed by atoms with Crippen LogP contribution in [-0.2, 0) is 4.74 Å². The van der Waals surface area contributed by atoms with Gasteiger partial charge in [0.15, 0.2) is 0 Å². The van der Waals surface area contributed by atoms with Crippen molar-refractivity contribution in [2.75, 3.05) is 6.61 Å². The number of ether oxygens (including phenoxy) is 1. The molecule has 0 aliphatic carbocycles. The molecule has 0 bridgehead atoms. The van der Waals surface area contributed by atoms with Gasteiger partial charge in [0.2, 0.25) is 0 Å². The first-order valence-electron chi connectivity index (χ1n) is 1.42. The molecular weight excluding hydrogens is 66.0 g/mol. The number of rotatable bonds is 1. The first-order chi connectivity index (χ1) is 2.41. The van der Waals surface area contributed by atoms with Gasteiger partial charge in [-0.25, -0.2) is 0 Å². The maximum atomic E-state index is 7.59. The molecule has 0 fully saturated rings. The number of hydrogen-bond donors (Lipinski definition) is 0. The molecule has 0 N–H and O–H groups in total. The van der Waals surface area contributed by atoms with E-state index in [2.05, 4.69) is 4.74 Å². The van der Waals surface area contributed by atoms with E-state index in [1.54, 1.807) is 6.92 Å². The Morgan fingerprint density at radius 1 is 2.20 bits per heavy atom. The lowest BCUT2D eigenvalue weighted by molar-refractivity contribution is 0.291. The molecule has 0 saturated heterocycles. The van der Waals surface area contributed by atoms with Gasteiger partial charge in [-0.05, 0) is 6.92 Å². The SMILES string of the molecule is CCOC#N.[HH]. The highest BCUT2D eigenvalue weighted by Gasteiger charge is 1.60. The molecule has 0 spiro atoms. The Bertz CT molecular complexity index is 49.2. The number of hydrogen-bond acceptors (Lipinski definition) is 2. The summed E-state index contributed by atoms with van der Waals surface area (Å²) in [6.45, 7) is 2.25. The summed E-state index contributed by atoms with van der Waals surface area (Å²) in [5.41, 5.74) is 0. The van der Waals surface area contributed by atoms with Crippen LogP contribution in [0.1, 0.15) is 8.35 Å². The molecule has 0 saturated carbocycles. The van der Waals surface area contributed by atoms with Crippen molar-refractivity contribution in [3.63, 3.8) is 0 Å². The van der Waals surface area contributed by atoms with Crippen LogP contribution in [0.3, 0.4) is 0 Å². The maximum absolute atomic E-state index is 7.59. The Balaban J connectivity index is 0. The van der Waals surface area contributed by atoms with Crippen molar-refractivity contribution in [2.45, 2.75) is 6.92 Å². The zero-order chi connectivity index (χ0) is 4.12. The highest BCUT2D eigenvalue weighted by Crippen LogP contribution is 1.58. The minimum Gasteiger partial charge on any atom is -0.428 e. The van der Waals surface area contributed by atoms with Crippen molar-refractivity contribution in [3.05, 3.63) is 0 Å². The smallest absolute Gasteiger partial charge is 0.286 e. The van der Waals surface area contributed by atoms with E-state index in [-0.39, 0.29) is 1.43 Å². The largest absolute Gasteiger partial charge is 0.428 e. The number of nitrogens with zero attached hydrogens (tertiary/aromatic N) is 1. The average molecular weight is 73.1 g/mol. The average Bonchev–Trinajstić information content (AvgIpc) is 1.41. The van der Waals surface area contributed by atoms with Crippen molar-refractivity contribution in [1.82, 2.24) is 0 Å². The van der Waals surface area contributed by atoms with Crippen LogP contribution in [0.2, 0.25) is 0 Å². The van der Waals surface area contributed by atoms with E-state index in [4.69, 9.17) is 5.26 Å². The van der Waals surface area contributed by atoms with E-state index < -0.39 is 0 Å². The van der Waals surface area contributed by atoms with Crippen LogP contribution in [0.4, 0.5) is 0 Å². The molecule has 0 aliphatic rings. The molecule has 2 heteroatoms. The fraction of sp³-hybridized carbons (Fsp3) is 0.667. The van der Waals surface area contributed by atoms with E-state index >= 15 is 0 Å². The van der Waals surface area contributed by atoms with Gasteiger partial charge < -0.3 is 4.74 Å². The standard InChI is InChI=1S/C3H5NO.H2/c1-2-5-3-4;/h2H2,1H3;1H. The molecule has 0 radical (unpaired) electrons. The van der Waals surface area contributed by atoms with E-state index in [1.165, 1.54) is 6.26 Å². The summed E-state index contributed by atoms with van der Waals surface area (Å²) in [6, 6.07) is 0. The molecule has 0 atom stereocenters. The summed E-state index contributed by atoms with van der Waals surface area (Å²) in [6.07, 6.45) is 1.52. The lowest BCUT2D eigenvalue weighted by atomic mass is 10.9. The molecule has 5 heavy (non-hydrogen) atoms. The van der Waals surface area contributed by atoms with Crippen LogP contribution < -0.4 is 0 Å². The van der Waals surface area contributed by atoms with Crippen molar-refractivity contribution >= 4 is 0 Å². The maximum Gasteiger partial charge on any atom is 0.286 e. The van der Waals surface area contributed by atoms with Crippen molar-refractivity contribution in [3.8, 4) is 6.26 Å². The van der Waals surface area contributed by atoms with Gasteiger partial charge in [-0.2, -0.15) is 5.26 Å². The normalized spacial score (nSPS) is 5.60. The second-order valence-corrected chi connectivity index (χ2v) is 0.524. The Labute approximate surface area is 32.5 Å². The van der Waals surface area contributed by atoms with E-state index in [1.807, 2.05) is 0 Å². The quantitative estimate of drug-likeness (QED) is 0.429. The van der Waals surface area contributed by atoms with Gasteiger partial charge in [-0.15, -0.1) is 0 Å². The highest BCUT2D eigenvalue weighted by atomic mass is 16.5. The topological polar surface area (TPSA) is 33.0 Å². The molecule has 0 unspecified atom stereocenters. The molecular formula is C3H7NO. The molecule has 0 aromatic heterocycles. The predicted molar refractivity (Wildman–Crippen MR) is 19.4 cm³/mol. The fourth-order valence-electron chi connectivity index (χ4n) is 0.0645. The highest BCUT2D eigenvalue weighted by molar-refractivity contribution is 4.42.